The number of rotatable bonds is 0. The molecule has 17 heavy (non-hydrogen) atoms. The van der Waals surface area contributed by atoms with E-state index in [9.17, 15) is 0 Å². The Balaban J connectivity index is 2.09. The molecule has 1 aromatic carbocycles. The van der Waals surface area contributed by atoms with Gasteiger partial charge in [-0.2, -0.15) is 0 Å². The van der Waals surface area contributed by atoms with Gasteiger partial charge in [-0.1, -0.05) is 48.6 Å². The van der Waals surface area contributed by atoms with E-state index in [2.05, 4.69) is 55.5 Å². The van der Waals surface area contributed by atoms with Crippen LogP contribution in [0.15, 0.2) is 59.2 Å². The van der Waals surface area contributed by atoms with Crippen LogP contribution in [0.25, 0.3) is 6.08 Å². The Labute approximate surface area is 102 Å². The Morgan fingerprint density at radius 3 is 2.94 bits per heavy atom. The van der Waals surface area contributed by atoms with E-state index < -0.39 is 0 Å². The van der Waals surface area contributed by atoms with Gasteiger partial charge in [0.15, 0.2) is 0 Å². The normalized spacial score (nSPS) is 23.6. The molecular weight excluding hydrogens is 204 g/mol. The van der Waals surface area contributed by atoms with Crippen LogP contribution in [0.5, 0.6) is 0 Å². The molecule has 1 atom stereocenters. The zero-order valence-electron chi connectivity index (χ0n) is 9.90. The SMILES string of the molecule is CC1=C2C=Cc3cccc4c3C2C(=CC4)C=C1. The highest BCUT2D eigenvalue weighted by molar-refractivity contribution is 5.72. The van der Waals surface area contributed by atoms with E-state index in [0.717, 1.165) is 6.42 Å². The van der Waals surface area contributed by atoms with Crippen molar-refractivity contribution in [3.63, 3.8) is 0 Å². The van der Waals surface area contributed by atoms with Crippen LogP contribution in [-0.4, -0.2) is 0 Å². The van der Waals surface area contributed by atoms with Crippen molar-refractivity contribution in [1.29, 1.82) is 0 Å². The van der Waals surface area contributed by atoms with Crippen molar-refractivity contribution in [2.45, 2.75) is 19.3 Å². The van der Waals surface area contributed by atoms with Crippen LogP contribution in [0.2, 0.25) is 0 Å². The van der Waals surface area contributed by atoms with E-state index >= 15 is 0 Å². The molecule has 0 aliphatic heterocycles. The zero-order chi connectivity index (χ0) is 11.4. The molecule has 1 unspecified atom stereocenters. The molecule has 0 saturated carbocycles. The van der Waals surface area contributed by atoms with Crippen LogP contribution in [-0.2, 0) is 6.42 Å². The smallest absolute Gasteiger partial charge is 0.0348 e. The average molecular weight is 218 g/mol. The molecule has 3 aliphatic carbocycles. The molecule has 0 heteroatoms. The van der Waals surface area contributed by atoms with Crippen LogP contribution in [0.3, 0.4) is 0 Å². The van der Waals surface area contributed by atoms with Gasteiger partial charge in [0.25, 0.3) is 0 Å². The molecule has 0 amide bonds. The van der Waals surface area contributed by atoms with E-state index in [1.807, 2.05) is 0 Å². The summed E-state index contributed by atoms with van der Waals surface area (Å²) in [5.41, 5.74) is 8.83. The second-order valence-electron chi connectivity index (χ2n) is 5.07. The van der Waals surface area contributed by atoms with Gasteiger partial charge < -0.3 is 0 Å². The molecule has 0 aromatic heterocycles. The van der Waals surface area contributed by atoms with Gasteiger partial charge in [-0.25, -0.2) is 0 Å². The molecule has 0 nitrogen and oxygen atoms in total. The fraction of sp³-hybridized carbons (Fsp3) is 0.176. The third-order valence-electron chi connectivity index (χ3n) is 4.14. The topological polar surface area (TPSA) is 0 Å². The number of allylic oxidation sites excluding steroid dienone is 7. The Bertz CT molecular complexity index is 636. The summed E-state index contributed by atoms with van der Waals surface area (Å²) in [6.45, 7) is 2.22. The predicted octanol–water partition coefficient (Wildman–Crippen LogP) is 4.17. The maximum absolute atomic E-state index is 2.39. The van der Waals surface area contributed by atoms with Gasteiger partial charge in [0.05, 0.1) is 0 Å². The van der Waals surface area contributed by atoms with Crippen molar-refractivity contribution in [2.75, 3.05) is 0 Å². The third-order valence-corrected chi connectivity index (χ3v) is 4.14. The van der Waals surface area contributed by atoms with Crippen LogP contribution in [0.4, 0.5) is 0 Å². The number of hydrogen-bond acceptors (Lipinski definition) is 0. The predicted molar refractivity (Wildman–Crippen MR) is 71.8 cm³/mol. The molecule has 0 radical (unpaired) electrons. The quantitative estimate of drug-likeness (QED) is 0.613. The first-order valence-corrected chi connectivity index (χ1v) is 6.23. The highest BCUT2D eigenvalue weighted by Gasteiger charge is 2.30. The van der Waals surface area contributed by atoms with Gasteiger partial charge in [-0.05, 0) is 46.8 Å². The van der Waals surface area contributed by atoms with E-state index in [0.29, 0.717) is 5.92 Å². The van der Waals surface area contributed by atoms with E-state index in [1.165, 1.54) is 27.8 Å². The fourth-order valence-electron chi connectivity index (χ4n) is 3.27. The molecule has 1 aromatic rings. The summed E-state index contributed by atoms with van der Waals surface area (Å²) >= 11 is 0. The minimum atomic E-state index is 0.505. The highest BCUT2D eigenvalue weighted by Crippen LogP contribution is 2.47. The standard InChI is InChI=1S/C17H14/c1-11-5-6-14-8-7-12-3-2-4-13-9-10-15(11)17(14)16(12)13/h2-6,8-10,17H,7H2,1H3. The molecule has 82 valence electrons. The van der Waals surface area contributed by atoms with E-state index in [4.69, 9.17) is 0 Å². The average Bonchev–Trinajstić information content (AvgIpc) is 2.38. The molecule has 0 spiro atoms. The summed E-state index contributed by atoms with van der Waals surface area (Å²) in [5.74, 6) is 0.505. The monoisotopic (exact) mass is 218 g/mol. The summed E-state index contributed by atoms with van der Waals surface area (Å²) < 4.78 is 0. The van der Waals surface area contributed by atoms with Crippen LogP contribution >= 0.6 is 0 Å². The lowest BCUT2D eigenvalue weighted by Crippen LogP contribution is -2.18. The van der Waals surface area contributed by atoms with Crippen LogP contribution in [0.1, 0.15) is 29.5 Å². The minimum absolute atomic E-state index is 0.505. The van der Waals surface area contributed by atoms with Crippen LogP contribution in [0, 0.1) is 0 Å². The third kappa shape index (κ3) is 1.13. The van der Waals surface area contributed by atoms with Crippen LogP contribution < -0.4 is 0 Å². The van der Waals surface area contributed by atoms with Gasteiger partial charge in [-0.15, -0.1) is 0 Å². The second-order valence-corrected chi connectivity index (χ2v) is 5.07. The molecule has 0 saturated heterocycles. The maximum atomic E-state index is 2.39. The Kier molecular flexibility index (Phi) is 1.69. The first kappa shape index (κ1) is 9.23. The lowest BCUT2D eigenvalue weighted by Gasteiger charge is -2.34. The molecule has 0 fully saturated rings. The highest BCUT2D eigenvalue weighted by atomic mass is 14.3. The molecule has 0 N–H and O–H groups in total. The Morgan fingerprint density at radius 1 is 1.06 bits per heavy atom. The largest absolute Gasteiger partial charge is 0.0759 e. The summed E-state index contributed by atoms with van der Waals surface area (Å²) in [6.07, 6.45) is 12.6. The van der Waals surface area contributed by atoms with E-state index in [-0.39, 0.29) is 0 Å². The van der Waals surface area contributed by atoms with Crippen molar-refractivity contribution in [1.82, 2.24) is 0 Å². The lowest BCUT2D eigenvalue weighted by molar-refractivity contribution is 0.880. The first-order chi connectivity index (χ1) is 8.34. The first-order valence-electron chi connectivity index (χ1n) is 6.23. The van der Waals surface area contributed by atoms with E-state index in [1.54, 1.807) is 5.56 Å². The number of benzene rings is 1. The summed E-state index contributed by atoms with van der Waals surface area (Å²) in [7, 11) is 0. The summed E-state index contributed by atoms with van der Waals surface area (Å²) in [5, 5.41) is 0. The maximum Gasteiger partial charge on any atom is 0.0348 e. The van der Waals surface area contributed by atoms with Crippen molar-refractivity contribution < 1.29 is 0 Å². The van der Waals surface area contributed by atoms with Crippen molar-refractivity contribution in [3.05, 3.63) is 75.9 Å². The van der Waals surface area contributed by atoms with Gasteiger partial charge in [0.2, 0.25) is 0 Å². The van der Waals surface area contributed by atoms with Crippen molar-refractivity contribution >= 4 is 6.08 Å². The fourth-order valence-corrected chi connectivity index (χ4v) is 3.27. The Morgan fingerprint density at radius 2 is 2.00 bits per heavy atom. The molecule has 3 aliphatic rings. The summed E-state index contributed by atoms with van der Waals surface area (Å²) in [6, 6.07) is 6.69. The molecule has 4 rings (SSSR count). The summed E-state index contributed by atoms with van der Waals surface area (Å²) in [4.78, 5) is 0. The van der Waals surface area contributed by atoms with Crippen molar-refractivity contribution in [3.8, 4) is 0 Å². The molecule has 0 heterocycles. The van der Waals surface area contributed by atoms with Gasteiger partial charge in [0, 0.05) is 5.92 Å². The zero-order valence-corrected chi connectivity index (χ0v) is 9.90. The molecule has 0 bridgehead atoms. The van der Waals surface area contributed by atoms with Crippen molar-refractivity contribution in [2.24, 2.45) is 0 Å². The second kappa shape index (κ2) is 3.10. The van der Waals surface area contributed by atoms with Gasteiger partial charge in [0.1, 0.15) is 0 Å². The van der Waals surface area contributed by atoms with Gasteiger partial charge in [-0.3, -0.25) is 0 Å². The minimum Gasteiger partial charge on any atom is -0.0759 e. The number of hydrogen-bond donors (Lipinski definition) is 0. The molecular formula is C17H14. The Hall–Kier alpha value is -1.82. The van der Waals surface area contributed by atoms with Gasteiger partial charge >= 0.3 is 0 Å². The lowest BCUT2D eigenvalue weighted by atomic mass is 9.70.